The van der Waals surface area contributed by atoms with Gasteiger partial charge in [-0.2, -0.15) is 11.8 Å². The number of benzene rings is 2. The van der Waals surface area contributed by atoms with Crippen molar-refractivity contribution in [1.29, 1.82) is 0 Å². The van der Waals surface area contributed by atoms with Crippen LogP contribution >= 0.6 is 23.4 Å². The van der Waals surface area contributed by atoms with Crippen molar-refractivity contribution in [3.05, 3.63) is 64.7 Å². The molecule has 0 fully saturated rings. The molecule has 2 rings (SSSR count). The largest absolute Gasteiger partial charge is 0.353 e. The maximum absolute atomic E-state index is 12.7. The number of nitrogens with zero attached hydrogens (tertiary/aromatic N) is 1. The molecule has 0 spiro atoms. The fourth-order valence-electron chi connectivity index (χ4n) is 3.03. The molecule has 2 aromatic carbocycles. The highest BCUT2D eigenvalue weighted by molar-refractivity contribution is 7.98. The molecule has 1 N–H and O–H groups in total. The second-order valence-electron chi connectivity index (χ2n) is 6.80. The number of hydrogen-bond acceptors (Lipinski definition) is 4. The van der Waals surface area contributed by atoms with Gasteiger partial charge in [0.25, 0.3) is 0 Å². The van der Waals surface area contributed by atoms with Gasteiger partial charge in [-0.3, -0.25) is 9.10 Å². The Morgan fingerprint density at radius 2 is 1.93 bits per heavy atom. The van der Waals surface area contributed by atoms with Crippen LogP contribution in [0.1, 0.15) is 24.5 Å². The molecule has 0 saturated carbocycles. The van der Waals surface area contributed by atoms with Gasteiger partial charge in [0.15, 0.2) is 0 Å². The highest BCUT2D eigenvalue weighted by Gasteiger charge is 2.31. The fourth-order valence-corrected chi connectivity index (χ4v) is 5.22. The number of hydrogen-bond donors (Lipinski definition) is 1. The molecular formula is C21H27ClN2O3S2. The first kappa shape index (κ1) is 23.6. The lowest BCUT2D eigenvalue weighted by atomic mass is 10.2. The molecule has 8 heteroatoms. The third-order valence-electron chi connectivity index (χ3n) is 4.29. The Morgan fingerprint density at radius 1 is 1.21 bits per heavy atom. The molecule has 0 aliphatic rings. The first-order valence-electron chi connectivity index (χ1n) is 9.38. The van der Waals surface area contributed by atoms with E-state index in [-0.39, 0.29) is 5.91 Å². The van der Waals surface area contributed by atoms with Crippen LogP contribution in [-0.2, 0) is 20.6 Å². The molecule has 0 radical (unpaired) electrons. The van der Waals surface area contributed by atoms with Crippen LogP contribution in [0.25, 0.3) is 0 Å². The zero-order valence-electron chi connectivity index (χ0n) is 16.9. The van der Waals surface area contributed by atoms with E-state index in [1.54, 1.807) is 43.0 Å². The number of halogens is 1. The average Bonchev–Trinajstić information content (AvgIpc) is 2.64. The first-order chi connectivity index (χ1) is 13.7. The van der Waals surface area contributed by atoms with Crippen LogP contribution in [-0.4, -0.2) is 38.9 Å². The van der Waals surface area contributed by atoms with E-state index in [2.05, 4.69) is 30.4 Å². The maximum atomic E-state index is 12.7. The minimum absolute atomic E-state index is 0.311. The summed E-state index contributed by atoms with van der Waals surface area (Å²) in [5.74, 6) is 1.30. The number of amides is 1. The lowest BCUT2D eigenvalue weighted by Gasteiger charge is -2.30. The molecule has 0 aliphatic carbocycles. The summed E-state index contributed by atoms with van der Waals surface area (Å²) in [7, 11) is -3.66. The van der Waals surface area contributed by atoms with Gasteiger partial charge in [0.2, 0.25) is 15.9 Å². The van der Waals surface area contributed by atoms with Gasteiger partial charge in [0.1, 0.15) is 6.04 Å². The number of carbonyl (C=O) groups excluding carboxylic acids is 1. The normalized spacial score (nSPS) is 12.4. The predicted molar refractivity (Wildman–Crippen MR) is 123 cm³/mol. The smallest absolute Gasteiger partial charge is 0.243 e. The van der Waals surface area contributed by atoms with Gasteiger partial charge in [-0.05, 0) is 37.1 Å². The van der Waals surface area contributed by atoms with Crippen molar-refractivity contribution in [2.75, 3.05) is 22.9 Å². The van der Waals surface area contributed by atoms with E-state index in [0.717, 1.165) is 22.1 Å². The molecule has 1 atom stereocenters. The Kier molecular flexibility index (Phi) is 8.86. The van der Waals surface area contributed by atoms with E-state index in [1.165, 1.54) is 11.1 Å². The molecule has 5 nitrogen and oxygen atoms in total. The fraction of sp³-hybridized carbons (Fsp3) is 0.381. The number of carbonyl (C=O) groups is 1. The lowest BCUT2D eigenvalue weighted by Crippen LogP contribution is -2.49. The Morgan fingerprint density at radius 3 is 2.55 bits per heavy atom. The number of rotatable bonds is 10. The maximum Gasteiger partial charge on any atom is 0.243 e. The molecule has 1 amide bonds. The number of sulfonamides is 1. The minimum Gasteiger partial charge on any atom is -0.353 e. The van der Waals surface area contributed by atoms with Gasteiger partial charge < -0.3 is 5.32 Å². The molecule has 0 bridgehead atoms. The van der Waals surface area contributed by atoms with Crippen LogP contribution in [0.3, 0.4) is 0 Å². The molecule has 0 saturated heterocycles. The quantitative estimate of drug-likeness (QED) is 0.545. The number of anilines is 1. The molecule has 2 aromatic rings. The van der Waals surface area contributed by atoms with Gasteiger partial charge in [-0.25, -0.2) is 8.42 Å². The zero-order valence-corrected chi connectivity index (χ0v) is 19.3. The summed E-state index contributed by atoms with van der Waals surface area (Å²) >= 11 is 7.74. The topological polar surface area (TPSA) is 66.5 Å². The van der Waals surface area contributed by atoms with Crippen molar-refractivity contribution >= 4 is 45.0 Å². The van der Waals surface area contributed by atoms with Gasteiger partial charge in [-0.15, -0.1) is 0 Å². The van der Waals surface area contributed by atoms with Crippen LogP contribution in [0.2, 0.25) is 5.02 Å². The number of thioether (sulfide) groups is 1. The van der Waals surface area contributed by atoms with E-state index in [1.807, 2.05) is 6.07 Å². The van der Waals surface area contributed by atoms with Gasteiger partial charge in [0.05, 0.1) is 11.9 Å². The Bertz CT molecular complexity index is 935. The van der Waals surface area contributed by atoms with Gasteiger partial charge in [-0.1, -0.05) is 54.4 Å². The Hall–Kier alpha value is -1.70. The SMILES string of the molecule is CCC(C(=O)NCCSCc1cccc(C)c1)N(c1cccc(Cl)c1)S(C)(=O)=O. The second kappa shape index (κ2) is 10.9. The van der Waals surface area contributed by atoms with Crippen molar-refractivity contribution in [3.8, 4) is 0 Å². The average molecular weight is 455 g/mol. The molecule has 29 heavy (non-hydrogen) atoms. The highest BCUT2D eigenvalue weighted by Crippen LogP contribution is 2.25. The summed E-state index contributed by atoms with van der Waals surface area (Å²) in [5, 5.41) is 3.29. The van der Waals surface area contributed by atoms with Crippen LogP contribution in [0.15, 0.2) is 48.5 Å². The Balaban J connectivity index is 1.97. The molecule has 158 valence electrons. The standard InChI is InChI=1S/C21H27ClN2O3S2/c1-4-20(24(29(3,26)27)19-10-6-9-18(22)14-19)21(25)23-11-12-28-15-17-8-5-7-16(2)13-17/h5-10,13-14,20H,4,11-12,15H2,1-3H3,(H,23,25). The molecule has 0 heterocycles. The van der Waals surface area contributed by atoms with E-state index in [0.29, 0.717) is 23.7 Å². The summed E-state index contributed by atoms with van der Waals surface area (Å²) < 4.78 is 26.0. The van der Waals surface area contributed by atoms with Crippen molar-refractivity contribution in [1.82, 2.24) is 5.32 Å². The number of nitrogens with one attached hydrogen (secondary N) is 1. The van der Waals surface area contributed by atoms with Gasteiger partial charge in [0, 0.05) is 23.1 Å². The molecule has 0 aromatic heterocycles. The van der Waals surface area contributed by atoms with Crippen LogP contribution in [0.5, 0.6) is 0 Å². The molecule has 0 aliphatic heterocycles. The third kappa shape index (κ3) is 7.24. The molecule has 1 unspecified atom stereocenters. The van der Waals surface area contributed by atoms with Crippen molar-refractivity contribution < 1.29 is 13.2 Å². The van der Waals surface area contributed by atoms with Gasteiger partial charge >= 0.3 is 0 Å². The lowest BCUT2D eigenvalue weighted by molar-refractivity contribution is -0.122. The molecular weight excluding hydrogens is 428 g/mol. The summed E-state index contributed by atoms with van der Waals surface area (Å²) in [6.45, 7) is 4.32. The van der Waals surface area contributed by atoms with E-state index < -0.39 is 16.1 Å². The highest BCUT2D eigenvalue weighted by atomic mass is 35.5. The Labute approximate surface area is 182 Å². The van der Waals surface area contributed by atoms with Crippen LogP contribution in [0, 0.1) is 6.92 Å². The second-order valence-corrected chi connectivity index (χ2v) is 10.2. The summed E-state index contributed by atoms with van der Waals surface area (Å²) in [6.07, 6.45) is 1.45. The van der Waals surface area contributed by atoms with E-state index in [4.69, 9.17) is 11.6 Å². The van der Waals surface area contributed by atoms with Crippen molar-refractivity contribution in [3.63, 3.8) is 0 Å². The summed E-state index contributed by atoms with van der Waals surface area (Å²) in [4.78, 5) is 12.7. The van der Waals surface area contributed by atoms with Crippen molar-refractivity contribution in [2.24, 2.45) is 0 Å². The predicted octanol–water partition coefficient (Wildman–Crippen LogP) is 4.24. The monoisotopic (exact) mass is 454 g/mol. The van der Waals surface area contributed by atoms with E-state index >= 15 is 0 Å². The zero-order chi connectivity index (χ0) is 21.4. The van der Waals surface area contributed by atoms with Crippen LogP contribution < -0.4 is 9.62 Å². The van der Waals surface area contributed by atoms with Crippen LogP contribution in [0.4, 0.5) is 5.69 Å². The third-order valence-corrected chi connectivity index (χ3v) is 6.73. The van der Waals surface area contributed by atoms with E-state index in [9.17, 15) is 13.2 Å². The summed E-state index contributed by atoms with van der Waals surface area (Å²) in [5.41, 5.74) is 2.86. The minimum atomic E-state index is -3.66. The summed E-state index contributed by atoms with van der Waals surface area (Å²) in [6, 6.07) is 14.0. The number of aryl methyl sites for hydroxylation is 1. The first-order valence-corrected chi connectivity index (χ1v) is 12.8. The van der Waals surface area contributed by atoms with Crippen molar-refractivity contribution in [2.45, 2.75) is 32.1 Å².